The zero-order valence-electron chi connectivity index (χ0n) is 19.2. The Morgan fingerprint density at radius 1 is 1.19 bits per heavy atom. The summed E-state index contributed by atoms with van der Waals surface area (Å²) < 4.78 is 41.3. The van der Waals surface area contributed by atoms with E-state index in [4.69, 9.17) is 0 Å². The summed E-state index contributed by atoms with van der Waals surface area (Å²) >= 11 is 0. The van der Waals surface area contributed by atoms with E-state index in [-0.39, 0.29) is 36.9 Å². The van der Waals surface area contributed by atoms with Crippen molar-refractivity contribution in [2.45, 2.75) is 38.3 Å². The number of amides is 1. The van der Waals surface area contributed by atoms with Gasteiger partial charge in [0.2, 0.25) is 0 Å². The lowest BCUT2D eigenvalue weighted by molar-refractivity contribution is -0.141. The van der Waals surface area contributed by atoms with Crippen molar-refractivity contribution >= 4 is 17.9 Å². The number of alkyl halides is 3. The molecule has 0 saturated carbocycles. The molecular weight excluding hydrogens is 477 g/mol. The van der Waals surface area contributed by atoms with Gasteiger partial charge in [-0.1, -0.05) is 12.1 Å². The molecule has 1 aliphatic rings. The van der Waals surface area contributed by atoms with Gasteiger partial charge in [-0.05, 0) is 30.7 Å². The van der Waals surface area contributed by atoms with Crippen molar-refractivity contribution < 1.29 is 23.1 Å². The normalized spacial score (nSPS) is 15.4. The molecule has 3 heterocycles. The van der Waals surface area contributed by atoms with Gasteiger partial charge >= 0.3 is 6.18 Å². The largest absolute Gasteiger partial charge is 0.433 e. The highest BCUT2D eigenvalue weighted by atomic mass is 19.4. The number of hydrogen-bond acceptors (Lipinski definition) is 8. The van der Waals surface area contributed by atoms with Gasteiger partial charge in [0.15, 0.2) is 11.6 Å². The second kappa shape index (κ2) is 11.2. The highest BCUT2D eigenvalue weighted by Gasteiger charge is 2.35. The molecule has 0 aliphatic carbocycles. The molecule has 4 rings (SSSR count). The number of rotatable bonds is 9. The number of aromatic nitrogens is 4. The minimum atomic E-state index is -4.61. The maximum Gasteiger partial charge on any atom is 0.433 e. The van der Waals surface area contributed by atoms with E-state index in [2.05, 4.69) is 36.1 Å². The van der Waals surface area contributed by atoms with Gasteiger partial charge in [0.25, 0.3) is 5.91 Å². The van der Waals surface area contributed by atoms with Gasteiger partial charge in [-0.25, -0.2) is 0 Å². The summed E-state index contributed by atoms with van der Waals surface area (Å²) in [6.45, 7) is 0.882. The molecule has 10 nitrogen and oxygen atoms in total. The number of nitrogens with zero attached hydrogens (tertiary/aromatic N) is 5. The average molecular weight is 503 g/mol. The number of hydrogen-bond donors (Lipinski definition) is 4. The predicted molar refractivity (Wildman–Crippen MR) is 125 cm³/mol. The fraction of sp³-hybridized carbons (Fsp3) is 0.348. The first kappa shape index (κ1) is 25.1. The van der Waals surface area contributed by atoms with Crippen molar-refractivity contribution in [1.29, 1.82) is 0 Å². The van der Waals surface area contributed by atoms with E-state index < -0.39 is 17.8 Å². The molecule has 0 saturated heterocycles. The molecule has 1 aromatic carbocycles. The molecule has 190 valence electrons. The number of pyridine rings is 1. The predicted octanol–water partition coefficient (Wildman–Crippen LogP) is 2.29. The summed E-state index contributed by atoms with van der Waals surface area (Å²) in [5.74, 6) is 0.787. The SMILES string of the molecule is O=C(NCc1cccnc1C(F)(F)F)c1cccc(NCc2nnc(C3CCN=CN3)n2CCO)c1. The Morgan fingerprint density at radius 2 is 2.06 bits per heavy atom. The van der Waals surface area contributed by atoms with Crippen LogP contribution in [0.25, 0.3) is 0 Å². The summed E-state index contributed by atoms with van der Waals surface area (Å²) in [4.78, 5) is 20.1. The minimum absolute atomic E-state index is 0.0556. The Morgan fingerprint density at radius 3 is 2.81 bits per heavy atom. The molecule has 3 aromatic rings. The van der Waals surface area contributed by atoms with Crippen LogP contribution in [0.4, 0.5) is 18.9 Å². The van der Waals surface area contributed by atoms with Gasteiger partial charge in [0, 0.05) is 42.6 Å². The van der Waals surface area contributed by atoms with Crippen molar-refractivity contribution in [3.8, 4) is 0 Å². The van der Waals surface area contributed by atoms with Gasteiger partial charge in [-0.2, -0.15) is 13.2 Å². The third-order valence-electron chi connectivity index (χ3n) is 5.58. The van der Waals surface area contributed by atoms with Crippen molar-refractivity contribution in [2.24, 2.45) is 4.99 Å². The molecule has 2 aromatic heterocycles. The first-order chi connectivity index (χ1) is 17.4. The van der Waals surface area contributed by atoms with Crippen LogP contribution in [-0.2, 0) is 25.8 Å². The Kier molecular flexibility index (Phi) is 7.78. The van der Waals surface area contributed by atoms with Gasteiger partial charge in [0.1, 0.15) is 5.69 Å². The van der Waals surface area contributed by atoms with Gasteiger partial charge in [-0.3, -0.25) is 14.8 Å². The third kappa shape index (κ3) is 5.97. The standard InChI is InChI=1S/C23H25F3N8O2/c24-23(25,26)20-16(4-2-7-28-20)12-30-22(36)15-3-1-5-17(11-15)29-13-19-32-33-21(34(19)9-10-35)18-6-8-27-14-31-18/h1-5,7,11,14,18,29,35H,6,8-10,12-13H2,(H,27,31)(H,30,36). The molecule has 0 spiro atoms. The molecule has 1 aliphatic heterocycles. The van der Waals surface area contributed by atoms with Crippen LogP contribution in [0.15, 0.2) is 47.6 Å². The second-order valence-corrected chi connectivity index (χ2v) is 8.02. The Bertz CT molecular complexity index is 1230. The zero-order valence-corrected chi connectivity index (χ0v) is 19.2. The third-order valence-corrected chi connectivity index (χ3v) is 5.58. The smallest absolute Gasteiger partial charge is 0.395 e. The van der Waals surface area contributed by atoms with E-state index >= 15 is 0 Å². The first-order valence-electron chi connectivity index (χ1n) is 11.3. The summed E-state index contributed by atoms with van der Waals surface area (Å²) in [6, 6.07) is 9.19. The Labute approximate surface area is 204 Å². The zero-order chi connectivity index (χ0) is 25.5. The molecule has 13 heteroatoms. The lowest BCUT2D eigenvalue weighted by Gasteiger charge is -2.20. The first-order valence-corrected chi connectivity index (χ1v) is 11.3. The van der Waals surface area contributed by atoms with E-state index in [0.29, 0.717) is 30.4 Å². The summed E-state index contributed by atoms with van der Waals surface area (Å²) in [5.41, 5.74) is -0.253. The average Bonchev–Trinajstić information content (AvgIpc) is 3.29. The van der Waals surface area contributed by atoms with Crippen molar-refractivity contribution in [3.63, 3.8) is 0 Å². The summed E-state index contributed by atoms with van der Waals surface area (Å²) in [5, 5.41) is 26.9. The fourth-order valence-electron chi connectivity index (χ4n) is 3.84. The maximum absolute atomic E-state index is 13.1. The van der Waals surface area contributed by atoms with Crippen LogP contribution in [0.2, 0.25) is 0 Å². The number of aliphatic hydroxyl groups is 1. The van der Waals surface area contributed by atoms with Crippen LogP contribution in [0.5, 0.6) is 0 Å². The molecule has 0 radical (unpaired) electrons. The molecule has 4 N–H and O–H groups in total. The highest BCUT2D eigenvalue weighted by Crippen LogP contribution is 2.30. The van der Waals surface area contributed by atoms with Crippen LogP contribution < -0.4 is 16.0 Å². The number of benzene rings is 1. The van der Waals surface area contributed by atoms with E-state index in [1.54, 1.807) is 30.6 Å². The van der Waals surface area contributed by atoms with Crippen molar-refractivity contribution in [1.82, 2.24) is 30.4 Å². The monoisotopic (exact) mass is 502 g/mol. The number of carbonyl (C=O) groups is 1. The van der Waals surface area contributed by atoms with Gasteiger partial charge in [0.05, 0.1) is 25.5 Å². The van der Waals surface area contributed by atoms with Crippen molar-refractivity contribution in [3.05, 3.63) is 71.1 Å². The van der Waals surface area contributed by atoms with Crippen LogP contribution in [0, 0.1) is 0 Å². The van der Waals surface area contributed by atoms with E-state index in [0.717, 1.165) is 12.6 Å². The topological polar surface area (TPSA) is 129 Å². The molecule has 0 fully saturated rings. The fourth-order valence-corrected chi connectivity index (χ4v) is 3.84. The highest BCUT2D eigenvalue weighted by molar-refractivity contribution is 5.95. The lowest BCUT2D eigenvalue weighted by Crippen LogP contribution is -2.28. The Balaban J connectivity index is 1.41. The van der Waals surface area contributed by atoms with Gasteiger partial charge < -0.3 is 25.6 Å². The summed E-state index contributed by atoms with van der Waals surface area (Å²) in [6.07, 6.45) is -1.15. The number of carbonyl (C=O) groups excluding carboxylic acids is 1. The molecule has 1 unspecified atom stereocenters. The molecule has 36 heavy (non-hydrogen) atoms. The number of anilines is 1. The number of aliphatic imine (C=N–C) groups is 1. The van der Waals surface area contributed by atoms with E-state index in [1.165, 1.54) is 12.1 Å². The molecule has 1 amide bonds. The quantitative estimate of drug-likeness (QED) is 0.353. The number of nitrogens with one attached hydrogen (secondary N) is 3. The molecule has 1 atom stereocenters. The second-order valence-electron chi connectivity index (χ2n) is 8.02. The number of aliphatic hydroxyl groups excluding tert-OH is 1. The molecule has 0 bridgehead atoms. The maximum atomic E-state index is 13.1. The van der Waals surface area contributed by atoms with E-state index in [9.17, 15) is 23.1 Å². The van der Waals surface area contributed by atoms with Crippen LogP contribution >= 0.6 is 0 Å². The van der Waals surface area contributed by atoms with Crippen LogP contribution in [0.3, 0.4) is 0 Å². The summed E-state index contributed by atoms with van der Waals surface area (Å²) in [7, 11) is 0. The minimum Gasteiger partial charge on any atom is -0.395 e. The lowest BCUT2D eigenvalue weighted by atomic mass is 10.1. The molecular formula is C23H25F3N8O2. The number of halogens is 3. The van der Waals surface area contributed by atoms with E-state index in [1.807, 2.05) is 4.57 Å². The van der Waals surface area contributed by atoms with Crippen LogP contribution in [-0.4, -0.2) is 50.3 Å². The van der Waals surface area contributed by atoms with Gasteiger partial charge in [-0.15, -0.1) is 10.2 Å². The Hall–Kier alpha value is -4.00. The van der Waals surface area contributed by atoms with Crippen molar-refractivity contribution in [2.75, 3.05) is 18.5 Å². The van der Waals surface area contributed by atoms with Crippen LogP contribution in [0.1, 0.15) is 45.7 Å².